The van der Waals surface area contributed by atoms with E-state index in [1.807, 2.05) is 4.72 Å². The maximum absolute atomic E-state index is 12.2. The Hall–Kier alpha value is -2.29. The molecule has 0 saturated carbocycles. The number of benzene rings is 1. The Labute approximate surface area is 122 Å². The predicted molar refractivity (Wildman–Crippen MR) is 76.2 cm³/mol. The second kappa shape index (κ2) is 6.44. The minimum Gasteiger partial charge on any atom is -0.465 e. The zero-order chi connectivity index (χ0) is 16.2. The highest BCUT2D eigenvalue weighted by Gasteiger charge is 2.25. The van der Waals surface area contributed by atoms with Crippen LogP contribution in [0.2, 0.25) is 0 Å². The van der Waals surface area contributed by atoms with Crippen molar-refractivity contribution in [2.24, 2.45) is 0 Å². The molecule has 8 nitrogen and oxygen atoms in total. The van der Waals surface area contributed by atoms with Crippen molar-refractivity contribution in [2.75, 3.05) is 12.8 Å². The standard InChI is InChI=1S/C12H17N3O5S/c1-7(2)14-12(17)15-21(18,19)10-5-4-8(13)6-9(10)11(16)20-3/h4-7H,13H2,1-3H3,(H2,14,15,17). The van der Waals surface area contributed by atoms with E-state index < -0.39 is 22.0 Å². The normalized spacial score (nSPS) is 11.0. The third-order valence-electron chi connectivity index (χ3n) is 2.35. The first-order chi connectivity index (χ1) is 9.67. The molecule has 4 N–H and O–H groups in total. The van der Waals surface area contributed by atoms with Gasteiger partial charge < -0.3 is 15.8 Å². The molecule has 21 heavy (non-hydrogen) atoms. The summed E-state index contributed by atoms with van der Waals surface area (Å²) < 4.78 is 30.6. The van der Waals surface area contributed by atoms with Crippen molar-refractivity contribution >= 4 is 27.7 Å². The molecule has 0 unspecified atom stereocenters. The molecule has 1 aromatic carbocycles. The number of sulfonamides is 1. The topological polar surface area (TPSA) is 128 Å². The molecule has 0 radical (unpaired) electrons. The number of nitrogens with one attached hydrogen (secondary N) is 2. The molecular weight excluding hydrogens is 298 g/mol. The number of methoxy groups -OCH3 is 1. The van der Waals surface area contributed by atoms with Crippen molar-refractivity contribution in [3.63, 3.8) is 0 Å². The highest BCUT2D eigenvalue weighted by molar-refractivity contribution is 7.90. The van der Waals surface area contributed by atoms with Crippen molar-refractivity contribution in [1.82, 2.24) is 10.0 Å². The summed E-state index contributed by atoms with van der Waals surface area (Å²) >= 11 is 0. The van der Waals surface area contributed by atoms with Gasteiger partial charge in [0.1, 0.15) is 4.90 Å². The van der Waals surface area contributed by atoms with E-state index in [2.05, 4.69) is 10.1 Å². The number of rotatable bonds is 4. The summed E-state index contributed by atoms with van der Waals surface area (Å²) in [6, 6.07) is 2.47. The summed E-state index contributed by atoms with van der Waals surface area (Å²) in [5.41, 5.74) is 5.48. The lowest BCUT2D eigenvalue weighted by atomic mass is 10.2. The van der Waals surface area contributed by atoms with Crippen LogP contribution in [0.25, 0.3) is 0 Å². The molecule has 116 valence electrons. The van der Waals surface area contributed by atoms with E-state index in [0.29, 0.717) is 0 Å². The maximum Gasteiger partial charge on any atom is 0.339 e. The number of hydrogen-bond donors (Lipinski definition) is 3. The zero-order valence-corrected chi connectivity index (χ0v) is 12.7. The summed E-state index contributed by atoms with van der Waals surface area (Å²) in [5.74, 6) is -0.869. The van der Waals surface area contributed by atoms with Gasteiger partial charge in [0.25, 0.3) is 10.0 Å². The van der Waals surface area contributed by atoms with Crippen molar-refractivity contribution in [1.29, 1.82) is 0 Å². The largest absolute Gasteiger partial charge is 0.465 e. The van der Waals surface area contributed by atoms with Crippen molar-refractivity contribution < 1.29 is 22.7 Å². The fraction of sp³-hybridized carbons (Fsp3) is 0.333. The van der Waals surface area contributed by atoms with Gasteiger partial charge >= 0.3 is 12.0 Å². The van der Waals surface area contributed by atoms with Crippen molar-refractivity contribution in [2.45, 2.75) is 24.8 Å². The number of carbonyl (C=O) groups is 2. The second-order valence-electron chi connectivity index (χ2n) is 4.48. The molecule has 1 aromatic rings. The molecule has 0 saturated heterocycles. The number of nitrogens with two attached hydrogens (primary N) is 1. The van der Waals surface area contributed by atoms with Gasteiger partial charge in [-0.25, -0.2) is 22.7 Å². The van der Waals surface area contributed by atoms with Crippen LogP contribution in [0.3, 0.4) is 0 Å². The van der Waals surface area contributed by atoms with Gasteiger partial charge in [-0.05, 0) is 32.0 Å². The highest BCUT2D eigenvalue weighted by atomic mass is 32.2. The van der Waals surface area contributed by atoms with E-state index >= 15 is 0 Å². The van der Waals surface area contributed by atoms with Gasteiger partial charge in [-0.15, -0.1) is 0 Å². The molecule has 0 aliphatic heterocycles. The van der Waals surface area contributed by atoms with Gasteiger partial charge in [-0.2, -0.15) is 0 Å². The Morgan fingerprint density at radius 1 is 1.29 bits per heavy atom. The van der Waals surface area contributed by atoms with Gasteiger partial charge in [-0.3, -0.25) is 0 Å². The first kappa shape index (κ1) is 16.8. The zero-order valence-electron chi connectivity index (χ0n) is 11.8. The lowest BCUT2D eigenvalue weighted by Crippen LogP contribution is -2.42. The van der Waals surface area contributed by atoms with E-state index in [1.165, 1.54) is 12.1 Å². The Bertz CT molecular complexity index is 655. The number of carbonyl (C=O) groups excluding carboxylic acids is 2. The van der Waals surface area contributed by atoms with Crippen LogP contribution in [0.15, 0.2) is 23.1 Å². The van der Waals surface area contributed by atoms with Crippen LogP contribution >= 0.6 is 0 Å². The molecular formula is C12H17N3O5S. The van der Waals surface area contributed by atoms with Crippen molar-refractivity contribution in [3.05, 3.63) is 23.8 Å². The van der Waals surface area contributed by atoms with Gasteiger partial charge in [0.05, 0.1) is 12.7 Å². The van der Waals surface area contributed by atoms with Gasteiger partial charge in [-0.1, -0.05) is 0 Å². The summed E-state index contributed by atoms with van der Waals surface area (Å²) in [6.07, 6.45) is 0. The van der Waals surface area contributed by atoms with E-state index in [9.17, 15) is 18.0 Å². The Morgan fingerprint density at radius 3 is 2.43 bits per heavy atom. The molecule has 0 fully saturated rings. The summed E-state index contributed by atoms with van der Waals surface area (Å²) in [4.78, 5) is 22.8. The predicted octanol–water partition coefficient (Wildman–Crippen LogP) is 0.452. The summed E-state index contributed by atoms with van der Waals surface area (Å²) in [6.45, 7) is 3.35. The van der Waals surface area contributed by atoms with E-state index in [0.717, 1.165) is 13.2 Å². The first-order valence-electron chi connectivity index (χ1n) is 5.98. The van der Waals surface area contributed by atoms with E-state index in [-0.39, 0.29) is 22.2 Å². The number of nitrogen functional groups attached to an aromatic ring is 1. The quantitative estimate of drug-likeness (QED) is 0.547. The minimum absolute atomic E-state index is 0.195. The molecule has 0 aromatic heterocycles. The van der Waals surface area contributed by atoms with E-state index in [1.54, 1.807) is 13.8 Å². The van der Waals surface area contributed by atoms with Crippen LogP contribution < -0.4 is 15.8 Å². The van der Waals surface area contributed by atoms with Crippen molar-refractivity contribution in [3.8, 4) is 0 Å². The molecule has 9 heteroatoms. The summed E-state index contributed by atoms with van der Waals surface area (Å²) in [5, 5.41) is 2.37. The van der Waals surface area contributed by atoms with Crippen LogP contribution in [-0.4, -0.2) is 33.6 Å². The lowest BCUT2D eigenvalue weighted by molar-refractivity contribution is 0.0596. The number of hydrogen-bond acceptors (Lipinski definition) is 6. The second-order valence-corrected chi connectivity index (χ2v) is 6.13. The molecule has 2 amide bonds. The maximum atomic E-state index is 12.2. The average molecular weight is 315 g/mol. The van der Waals surface area contributed by atoms with Crippen LogP contribution in [0.1, 0.15) is 24.2 Å². The Kier molecular flexibility index (Phi) is 5.14. The number of ether oxygens (including phenoxy) is 1. The lowest BCUT2D eigenvalue weighted by Gasteiger charge is -2.13. The average Bonchev–Trinajstić information content (AvgIpc) is 2.35. The number of amides is 2. The molecule has 0 heterocycles. The number of esters is 1. The third-order valence-corrected chi connectivity index (χ3v) is 3.73. The molecule has 0 bridgehead atoms. The smallest absolute Gasteiger partial charge is 0.339 e. The fourth-order valence-corrected chi connectivity index (χ4v) is 2.61. The molecule has 0 spiro atoms. The van der Waals surface area contributed by atoms with Crippen LogP contribution in [-0.2, 0) is 14.8 Å². The number of urea groups is 1. The van der Waals surface area contributed by atoms with E-state index in [4.69, 9.17) is 5.73 Å². The Morgan fingerprint density at radius 2 is 1.90 bits per heavy atom. The SMILES string of the molecule is COC(=O)c1cc(N)ccc1S(=O)(=O)NC(=O)NC(C)C. The van der Waals surface area contributed by atoms with Gasteiger partial charge in [0.15, 0.2) is 0 Å². The molecule has 1 rings (SSSR count). The van der Waals surface area contributed by atoms with Gasteiger partial charge in [0, 0.05) is 11.7 Å². The van der Waals surface area contributed by atoms with Gasteiger partial charge in [0.2, 0.25) is 0 Å². The molecule has 0 aliphatic rings. The van der Waals surface area contributed by atoms with Crippen LogP contribution in [0.5, 0.6) is 0 Å². The highest BCUT2D eigenvalue weighted by Crippen LogP contribution is 2.19. The Balaban J connectivity index is 3.19. The van der Waals surface area contributed by atoms with Crippen LogP contribution in [0.4, 0.5) is 10.5 Å². The third kappa shape index (κ3) is 4.35. The minimum atomic E-state index is -4.23. The fourth-order valence-electron chi connectivity index (χ4n) is 1.52. The monoisotopic (exact) mass is 315 g/mol. The number of anilines is 1. The molecule has 0 aliphatic carbocycles. The first-order valence-corrected chi connectivity index (χ1v) is 7.47. The van der Waals surface area contributed by atoms with Crippen LogP contribution in [0, 0.1) is 0 Å². The summed E-state index contributed by atoms with van der Waals surface area (Å²) in [7, 11) is -3.11. The molecule has 0 atom stereocenters.